The second-order valence-electron chi connectivity index (χ2n) is 7.93. The maximum Gasteiger partial charge on any atom is 0.237 e. The van der Waals surface area contributed by atoms with E-state index in [9.17, 15) is 9.59 Å². The molecule has 3 rings (SSSR count). The summed E-state index contributed by atoms with van der Waals surface area (Å²) in [5, 5.41) is 2.87. The number of rotatable bonds is 7. The molecule has 1 atom stereocenters. The van der Waals surface area contributed by atoms with E-state index in [1.54, 1.807) is 0 Å². The predicted octanol–water partition coefficient (Wildman–Crippen LogP) is 1.71. The average molecular weight is 387 g/mol. The fourth-order valence-electron chi connectivity index (χ4n) is 4.25. The van der Waals surface area contributed by atoms with Crippen LogP contribution >= 0.6 is 0 Å². The predicted molar refractivity (Wildman–Crippen MR) is 111 cm³/mol. The molecular weight excluding hydrogens is 352 g/mol. The molecule has 2 aliphatic rings. The first-order chi connectivity index (χ1) is 13.7. The molecular formula is C22H34N4O2. The van der Waals surface area contributed by atoms with Crippen LogP contribution in [-0.2, 0) is 16.1 Å². The fourth-order valence-corrected chi connectivity index (χ4v) is 4.25. The number of carbonyl (C=O) groups is 2. The zero-order valence-electron chi connectivity index (χ0n) is 17.1. The van der Waals surface area contributed by atoms with Crippen LogP contribution < -0.4 is 5.32 Å². The zero-order valence-corrected chi connectivity index (χ0v) is 17.1. The summed E-state index contributed by atoms with van der Waals surface area (Å²) < 4.78 is 0. The van der Waals surface area contributed by atoms with Gasteiger partial charge in [-0.25, -0.2) is 0 Å². The third kappa shape index (κ3) is 6.04. The number of piperidine rings is 1. The Morgan fingerprint density at radius 2 is 1.71 bits per heavy atom. The van der Waals surface area contributed by atoms with Gasteiger partial charge < -0.3 is 10.2 Å². The zero-order chi connectivity index (χ0) is 19.8. The fraction of sp³-hybridized carbons (Fsp3) is 0.636. The first-order valence-corrected chi connectivity index (χ1v) is 10.7. The smallest absolute Gasteiger partial charge is 0.237 e. The minimum Gasteiger partial charge on any atom is -0.356 e. The second kappa shape index (κ2) is 10.6. The van der Waals surface area contributed by atoms with Crippen molar-refractivity contribution in [3.8, 4) is 0 Å². The van der Waals surface area contributed by atoms with E-state index >= 15 is 0 Å². The lowest BCUT2D eigenvalue weighted by Gasteiger charge is -2.39. The number of piperazine rings is 1. The highest BCUT2D eigenvalue weighted by atomic mass is 16.2. The minimum atomic E-state index is 0.0572. The topological polar surface area (TPSA) is 55.9 Å². The van der Waals surface area contributed by atoms with Crippen LogP contribution in [0.2, 0.25) is 0 Å². The van der Waals surface area contributed by atoms with Crippen LogP contribution in [0.15, 0.2) is 30.3 Å². The van der Waals surface area contributed by atoms with E-state index in [0.717, 1.165) is 58.5 Å². The molecule has 0 aromatic heterocycles. The molecule has 2 aliphatic heterocycles. The summed E-state index contributed by atoms with van der Waals surface area (Å²) >= 11 is 0. The van der Waals surface area contributed by atoms with Gasteiger partial charge in [0.2, 0.25) is 11.8 Å². The summed E-state index contributed by atoms with van der Waals surface area (Å²) in [6.45, 7) is 8.65. The number of carbonyl (C=O) groups excluding carboxylic acids is 2. The van der Waals surface area contributed by atoms with Crippen molar-refractivity contribution < 1.29 is 9.59 Å². The third-order valence-electron chi connectivity index (χ3n) is 5.82. The van der Waals surface area contributed by atoms with Crippen LogP contribution in [-0.4, -0.2) is 78.4 Å². The van der Waals surface area contributed by atoms with Crippen molar-refractivity contribution in [3.63, 3.8) is 0 Å². The van der Waals surface area contributed by atoms with Gasteiger partial charge in [-0.2, -0.15) is 0 Å². The Bertz CT molecular complexity index is 629. The molecule has 0 aliphatic carbocycles. The number of nitrogens with one attached hydrogen (secondary N) is 1. The SMILES string of the molecule is CCNC(=O)C[C@H]1CCCCN1C(=O)CN1CCN(Cc2ccccc2)CC1. The summed E-state index contributed by atoms with van der Waals surface area (Å²) in [6.07, 6.45) is 3.52. The number of amides is 2. The van der Waals surface area contributed by atoms with Gasteiger partial charge in [-0.1, -0.05) is 30.3 Å². The lowest BCUT2D eigenvalue weighted by molar-refractivity contribution is -0.137. The molecule has 1 aromatic rings. The Hall–Kier alpha value is -1.92. The Morgan fingerprint density at radius 1 is 1.00 bits per heavy atom. The van der Waals surface area contributed by atoms with Gasteiger partial charge in [-0.15, -0.1) is 0 Å². The number of benzene rings is 1. The van der Waals surface area contributed by atoms with Crippen molar-refractivity contribution in [1.82, 2.24) is 20.0 Å². The lowest BCUT2D eigenvalue weighted by Crippen LogP contribution is -2.53. The van der Waals surface area contributed by atoms with Gasteiger partial charge in [0.1, 0.15) is 0 Å². The van der Waals surface area contributed by atoms with E-state index in [2.05, 4.69) is 39.4 Å². The Morgan fingerprint density at radius 3 is 2.43 bits per heavy atom. The van der Waals surface area contributed by atoms with Gasteiger partial charge >= 0.3 is 0 Å². The highest BCUT2D eigenvalue weighted by Gasteiger charge is 2.30. The maximum absolute atomic E-state index is 12.9. The molecule has 1 N–H and O–H groups in total. The number of likely N-dealkylation sites (tertiary alicyclic amines) is 1. The highest BCUT2D eigenvalue weighted by molar-refractivity contribution is 5.81. The van der Waals surface area contributed by atoms with Gasteiger partial charge in [0.25, 0.3) is 0 Å². The van der Waals surface area contributed by atoms with Gasteiger partial charge in [-0.05, 0) is 31.7 Å². The summed E-state index contributed by atoms with van der Waals surface area (Å²) in [7, 11) is 0. The van der Waals surface area contributed by atoms with E-state index in [4.69, 9.17) is 0 Å². The van der Waals surface area contributed by atoms with Crippen molar-refractivity contribution in [3.05, 3.63) is 35.9 Å². The van der Waals surface area contributed by atoms with Crippen molar-refractivity contribution in [2.45, 2.75) is 45.2 Å². The number of hydrogen-bond acceptors (Lipinski definition) is 4. The van der Waals surface area contributed by atoms with Gasteiger partial charge in [-0.3, -0.25) is 19.4 Å². The Kier molecular flexibility index (Phi) is 7.86. The summed E-state index contributed by atoms with van der Waals surface area (Å²) in [6, 6.07) is 10.6. The molecule has 2 heterocycles. The summed E-state index contributed by atoms with van der Waals surface area (Å²) in [5.41, 5.74) is 1.34. The largest absolute Gasteiger partial charge is 0.356 e. The molecule has 2 fully saturated rings. The van der Waals surface area contributed by atoms with Crippen molar-refractivity contribution in [2.24, 2.45) is 0 Å². The van der Waals surface area contributed by atoms with Gasteiger partial charge in [0, 0.05) is 58.3 Å². The quantitative estimate of drug-likeness (QED) is 0.775. The van der Waals surface area contributed by atoms with Crippen molar-refractivity contribution in [2.75, 3.05) is 45.8 Å². The Labute approximate surface area is 168 Å². The molecule has 2 saturated heterocycles. The first-order valence-electron chi connectivity index (χ1n) is 10.7. The number of nitrogens with zero attached hydrogens (tertiary/aromatic N) is 3. The van der Waals surface area contributed by atoms with Crippen LogP contribution in [0.4, 0.5) is 0 Å². The molecule has 154 valence electrons. The molecule has 0 unspecified atom stereocenters. The summed E-state index contributed by atoms with van der Waals surface area (Å²) in [4.78, 5) is 31.6. The van der Waals surface area contributed by atoms with Gasteiger partial charge in [0.15, 0.2) is 0 Å². The van der Waals surface area contributed by atoms with E-state index in [1.165, 1.54) is 5.56 Å². The monoisotopic (exact) mass is 386 g/mol. The van der Waals surface area contributed by atoms with Crippen LogP contribution in [0.3, 0.4) is 0 Å². The van der Waals surface area contributed by atoms with E-state index < -0.39 is 0 Å². The minimum absolute atomic E-state index is 0.0572. The second-order valence-corrected chi connectivity index (χ2v) is 7.93. The average Bonchev–Trinajstić information content (AvgIpc) is 2.71. The molecule has 6 heteroatoms. The molecule has 1 aromatic carbocycles. The van der Waals surface area contributed by atoms with E-state index in [0.29, 0.717) is 19.5 Å². The Balaban J connectivity index is 1.45. The molecule has 0 spiro atoms. The van der Waals surface area contributed by atoms with E-state index in [1.807, 2.05) is 17.9 Å². The molecule has 0 saturated carbocycles. The maximum atomic E-state index is 12.9. The molecule has 28 heavy (non-hydrogen) atoms. The van der Waals surface area contributed by atoms with Crippen LogP contribution in [0.25, 0.3) is 0 Å². The molecule has 0 radical (unpaired) electrons. The van der Waals surface area contributed by atoms with Gasteiger partial charge in [0.05, 0.1) is 6.54 Å². The molecule has 2 amide bonds. The number of hydrogen-bond donors (Lipinski definition) is 1. The van der Waals surface area contributed by atoms with Crippen molar-refractivity contribution in [1.29, 1.82) is 0 Å². The van der Waals surface area contributed by atoms with Crippen LogP contribution in [0.5, 0.6) is 0 Å². The van der Waals surface area contributed by atoms with Crippen molar-refractivity contribution >= 4 is 11.8 Å². The highest BCUT2D eigenvalue weighted by Crippen LogP contribution is 2.20. The third-order valence-corrected chi connectivity index (χ3v) is 5.82. The van der Waals surface area contributed by atoms with E-state index in [-0.39, 0.29) is 17.9 Å². The molecule has 0 bridgehead atoms. The normalized spacial score (nSPS) is 21.5. The summed E-state index contributed by atoms with van der Waals surface area (Å²) in [5.74, 6) is 0.243. The lowest BCUT2D eigenvalue weighted by atomic mass is 9.98. The molecule has 6 nitrogen and oxygen atoms in total. The van der Waals surface area contributed by atoms with Crippen LogP contribution in [0.1, 0.15) is 38.2 Å². The van der Waals surface area contributed by atoms with Crippen LogP contribution in [0, 0.1) is 0 Å². The standard InChI is InChI=1S/C22H34N4O2/c1-2-23-21(27)16-20-10-6-7-11-26(20)22(28)18-25-14-12-24(13-15-25)17-19-8-4-3-5-9-19/h3-5,8-9,20H,2,6-7,10-18H2,1H3,(H,23,27)/t20-/m1/s1. The first kappa shape index (κ1) is 20.8.